The summed E-state index contributed by atoms with van der Waals surface area (Å²) in [6, 6.07) is 0. The van der Waals surface area contributed by atoms with Crippen LogP contribution in [-0.2, 0) is 33.2 Å². The maximum atomic E-state index is 12.4. The van der Waals surface area contributed by atoms with Gasteiger partial charge in [-0.05, 0) is 61.3 Å². The summed E-state index contributed by atoms with van der Waals surface area (Å²) in [6.07, 6.45) is -1.82. The van der Waals surface area contributed by atoms with Crippen molar-refractivity contribution in [3.05, 3.63) is 0 Å². The second-order valence-electron chi connectivity index (χ2n) is 10.4. The van der Waals surface area contributed by atoms with Crippen LogP contribution < -0.4 is 10.6 Å². The SMILES string of the molecule is COCCOC(=O)OCC(C)(CO)C(=O)OCCCCN=C(NC(=O)OC(C)(C)C)NC(=O)OC(C)(C)C. The van der Waals surface area contributed by atoms with Crippen LogP contribution in [0.1, 0.15) is 61.3 Å². The van der Waals surface area contributed by atoms with Gasteiger partial charge >= 0.3 is 24.3 Å². The molecule has 2 amide bonds. The second kappa shape index (κ2) is 16.7. The van der Waals surface area contributed by atoms with Gasteiger partial charge < -0.3 is 33.5 Å². The van der Waals surface area contributed by atoms with E-state index in [0.717, 1.165) is 0 Å². The molecule has 0 aromatic heterocycles. The van der Waals surface area contributed by atoms with Gasteiger partial charge in [-0.2, -0.15) is 0 Å². The zero-order valence-electron chi connectivity index (χ0n) is 23.6. The molecule has 220 valence electrons. The molecule has 3 N–H and O–H groups in total. The summed E-state index contributed by atoms with van der Waals surface area (Å²) in [6.45, 7) is 10.8. The van der Waals surface area contributed by atoms with Gasteiger partial charge in [0.15, 0.2) is 0 Å². The molecule has 1 unspecified atom stereocenters. The first-order valence-electron chi connectivity index (χ1n) is 12.1. The maximum absolute atomic E-state index is 12.4. The Morgan fingerprint density at radius 1 is 0.763 bits per heavy atom. The van der Waals surface area contributed by atoms with Crippen molar-refractivity contribution in [3.63, 3.8) is 0 Å². The number of nitrogens with zero attached hydrogens (tertiary/aromatic N) is 1. The van der Waals surface area contributed by atoms with E-state index in [0.29, 0.717) is 12.8 Å². The van der Waals surface area contributed by atoms with E-state index in [9.17, 15) is 24.3 Å². The largest absolute Gasteiger partial charge is 0.508 e. The molecule has 0 aromatic carbocycles. The highest BCUT2D eigenvalue weighted by atomic mass is 16.7. The van der Waals surface area contributed by atoms with Crippen molar-refractivity contribution in [1.82, 2.24) is 10.6 Å². The quantitative estimate of drug-likeness (QED) is 0.107. The molecule has 0 bridgehead atoms. The van der Waals surface area contributed by atoms with Gasteiger partial charge in [-0.3, -0.25) is 20.4 Å². The Balaban J connectivity index is 4.78. The third-order valence-electron chi connectivity index (χ3n) is 4.15. The smallest absolute Gasteiger partial charge is 0.465 e. The van der Waals surface area contributed by atoms with Crippen molar-refractivity contribution < 1.29 is 52.7 Å². The number of methoxy groups -OCH3 is 1. The Morgan fingerprint density at radius 2 is 1.32 bits per heavy atom. The van der Waals surface area contributed by atoms with Crippen LogP contribution in [0.5, 0.6) is 0 Å². The first-order valence-corrected chi connectivity index (χ1v) is 12.1. The fourth-order valence-corrected chi connectivity index (χ4v) is 2.29. The van der Waals surface area contributed by atoms with Crippen LogP contribution in [0.25, 0.3) is 0 Å². The predicted molar refractivity (Wildman–Crippen MR) is 136 cm³/mol. The third-order valence-corrected chi connectivity index (χ3v) is 4.15. The van der Waals surface area contributed by atoms with E-state index in [1.54, 1.807) is 41.5 Å². The van der Waals surface area contributed by atoms with Crippen LogP contribution in [0.15, 0.2) is 4.99 Å². The Labute approximate surface area is 223 Å². The fraction of sp³-hybridized carbons (Fsp3) is 0.792. The molecule has 0 saturated carbocycles. The van der Waals surface area contributed by atoms with Gasteiger partial charge in [0.05, 0.1) is 19.8 Å². The molecule has 0 aromatic rings. The van der Waals surface area contributed by atoms with Crippen molar-refractivity contribution in [2.45, 2.75) is 72.5 Å². The average Bonchev–Trinajstić information content (AvgIpc) is 2.76. The minimum absolute atomic E-state index is 0.00342. The molecule has 0 radical (unpaired) electrons. The lowest BCUT2D eigenvalue weighted by molar-refractivity contribution is -0.160. The van der Waals surface area contributed by atoms with Crippen LogP contribution in [0.2, 0.25) is 0 Å². The summed E-state index contributed by atoms with van der Waals surface area (Å²) in [5, 5.41) is 14.4. The highest BCUT2D eigenvalue weighted by molar-refractivity contribution is 6.01. The number of aliphatic imine (C=N–C) groups is 1. The van der Waals surface area contributed by atoms with Crippen molar-refractivity contribution in [2.75, 3.05) is 46.7 Å². The molecule has 0 aliphatic rings. The number of hydrogen-bond acceptors (Lipinski definition) is 12. The molecule has 0 aliphatic heterocycles. The standard InChI is InChI=1S/C24H43N3O11/c1-22(2,3)37-19(30)26-18(27-20(31)38-23(4,5)6)25-11-9-10-12-34-17(29)24(7,15-28)16-36-21(32)35-14-13-33-8/h28H,9-16H2,1-8H3,(H2,25,26,27,30,31). The summed E-state index contributed by atoms with van der Waals surface area (Å²) in [4.78, 5) is 52.3. The molecular formula is C24H43N3O11. The van der Waals surface area contributed by atoms with Crippen molar-refractivity contribution in [2.24, 2.45) is 10.4 Å². The lowest BCUT2D eigenvalue weighted by Gasteiger charge is -2.24. The molecule has 1 atom stereocenters. The van der Waals surface area contributed by atoms with Gasteiger partial charge in [0, 0.05) is 13.7 Å². The zero-order valence-corrected chi connectivity index (χ0v) is 23.6. The average molecular weight is 550 g/mol. The van der Waals surface area contributed by atoms with Gasteiger partial charge in [-0.1, -0.05) is 0 Å². The molecule has 0 aliphatic carbocycles. The minimum Gasteiger partial charge on any atom is -0.465 e. The fourth-order valence-electron chi connectivity index (χ4n) is 2.29. The van der Waals surface area contributed by atoms with E-state index in [-0.39, 0.29) is 32.3 Å². The van der Waals surface area contributed by atoms with Crippen LogP contribution in [0.4, 0.5) is 14.4 Å². The normalized spacial score (nSPS) is 12.9. The van der Waals surface area contributed by atoms with E-state index in [1.165, 1.54) is 14.0 Å². The number of rotatable bonds is 12. The number of guanidine groups is 1. The van der Waals surface area contributed by atoms with E-state index >= 15 is 0 Å². The summed E-state index contributed by atoms with van der Waals surface area (Å²) in [5.41, 5.74) is -2.99. The molecule has 38 heavy (non-hydrogen) atoms. The summed E-state index contributed by atoms with van der Waals surface area (Å²) >= 11 is 0. The predicted octanol–water partition coefficient (Wildman–Crippen LogP) is 2.51. The molecule has 14 heteroatoms. The lowest BCUT2D eigenvalue weighted by atomic mass is 9.93. The second-order valence-corrected chi connectivity index (χ2v) is 10.4. The van der Waals surface area contributed by atoms with Crippen LogP contribution >= 0.6 is 0 Å². The van der Waals surface area contributed by atoms with Crippen LogP contribution in [0.3, 0.4) is 0 Å². The number of nitrogens with one attached hydrogen (secondary N) is 2. The first-order chi connectivity index (χ1) is 17.5. The van der Waals surface area contributed by atoms with E-state index < -0.39 is 54.1 Å². The number of aliphatic hydroxyl groups is 1. The topological polar surface area (TPSA) is 180 Å². The lowest BCUT2D eigenvalue weighted by Crippen LogP contribution is -2.47. The third kappa shape index (κ3) is 17.3. The first kappa shape index (κ1) is 34.9. The summed E-state index contributed by atoms with van der Waals surface area (Å²) in [7, 11) is 1.45. The van der Waals surface area contributed by atoms with Crippen molar-refractivity contribution in [3.8, 4) is 0 Å². The molecule has 0 rings (SSSR count). The van der Waals surface area contributed by atoms with Gasteiger partial charge in [-0.25, -0.2) is 14.4 Å². The van der Waals surface area contributed by atoms with Gasteiger partial charge in [0.25, 0.3) is 0 Å². The van der Waals surface area contributed by atoms with Crippen LogP contribution in [0, 0.1) is 5.41 Å². The molecule has 0 heterocycles. The number of amides is 2. The highest BCUT2D eigenvalue weighted by Gasteiger charge is 2.36. The van der Waals surface area contributed by atoms with E-state index in [4.69, 9.17) is 28.4 Å². The van der Waals surface area contributed by atoms with Crippen molar-refractivity contribution in [1.29, 1.82) is 0 Å². The van der Waals surface area contributed by atoms with Gasteiger partial charge in [0.2, 0.25) is 5.96 Å². The minimum atomic E-state index is -1.47. The molecule has 0 spiro atoms. The Kier molecular flexibility index (Phi) is 15.3. The molecule has 0 saturated heterocycles. The number of unbranched alkanes of at least 4 members (excludes halogenated alkanes) is 1. The Morgan fingerprint density at radius 3 is 1.79 bits per heavy atom. The summed E-state index contributed by atoms with van der Waals surface area (Å²) < 4.78 is 29.9. The number of carbonyl (C=O) groups is 4. The monoisotopic (exact) mass is 549 g/mol. The Bertz CT molecular complexity index is 771. The molecule has 14 nitrogen and oxygen atoms in total. The molecular weight excluding hydrogens is 506 g/mol. The van der Waals surface area contributed by atoms with Gasteiger partial charge in [-0.15, -0.1) is 0 Å². The number of aliphatic hydroxyl groups excluding tert-OH is 1. The number of esters is 1. The maximum Gasteiger partial charge on any atom is 0.508 e. The highest BCUT2D eigenvalue weighted by Crippen LogP contribution is 2.19. The van der Waals surface area contributed by atoms with E-state index in [2.05, 4.69) is 15.6 Å². The van der Waals surface area contributed by atoms with Crippen molar-refractivity contribution >= 4 is 30.3 Å². The van der Waals surface area contributed by atoms with Crippen LogP contribution in [-0.4, -0.2) is 93.3 Å². The van der Waals surface area contributed by atoms with Gasteiger partial charge in [0.1, 0.15) is 29.8 Å². The molecule has 0 fully saturated rings. The Hall–Kier alpha value is -3.13. The number of carbonyl (C=O) groups excluding carboxylic acids is 4. The number of hydrogen-bond donors (Lipinski definition) is 3. The number of ether oxygens (including phenoxy) is 6. The van der Waals surface area contributed by atoms with E-state index in [1.807, 2.05) is 0 Å². The number of alkyl carbamates (subject to hydrolysis) is 2. The zero-order chi connectivity index (χ0) is 29.4. The summed E-state index contributed by atoms with van der Waals surface area (Å²) in [5.74, 6) is -0.917.